The number of nitrogens with one attached hydrogen (secondary N) is 1. The summed E-state index contributed by atoms with van der Waals surface area (Å²) in [6.07, 6.45) is 1.34. The zero-order valence-corrected chi connectivity index (χ0v) is 19.8. The molecule has 0 saturated carbocycles. The van der Waals surface area contributed by atoms with E-state index in [1.54, 1.807) is 27.6 Å². The number of carbonyl (C=O) groups excluding carboxylic acids is 1. The van der Waals surface area contributed by atoms with Crippen LogP contribution in [0.25, 0.3) is 21.1 Å². The van der Waals surface area contributed by atoms with Crippen LogP contribution in [0, 0.1) is 0 Å². The van der Waals surface area contributed by atoms with Crippen molar-refractivity contribution in [1.82, 2.24) is 14.9 Å². The molecule has 0 radical (unpaired) electrons. The Morgan fingerprint density at radius 1 is 1.27 bits per heavy atom. The molecular formula is C20H23N3O3S4. The third-order valence-electron chi connectivity index (χ3n) is 4.97. The molecule has 1 aliphatic rings. The quantitative estimate of drug-likeness (QED) is 0.483. The average Bonchev–Trinajstić information content (AvgIpc) is 3.50. The zero-order valence-electron chi connectivity index (χ0n) is 16.5. The number of thioether (sulfide) groups is 1. The maximum atomic E-state index is 12.9. The Balaban J connectivity index is 1.50. The van der Waals surface area contributed by atoms with Crippen molar-refractivity contribution in [3.63, 3.8) is 0 Å². The molecule has 4 rings (SSSR count). The lowest BCUT2D eigenvalue weighted by molar-refractivity contribution is -0.130. The Bertz CT molecular complexity index is 1040. The van der Waals surface area contributed by atoms with Crippen LogP contribution in [0.5, 0.6) is 0 Å². The Morgan fingerprint density at radius 2 is 2.00 bits per heavy atom. The summed E-state index contributed by atoms with van der Waals surface area (Å²) >= 11 is 4.65. The smallest absolute Gasteiger partial charge is 0.233 e. The third kappa shape index (κ3) is 4.82. The van der Waals surface area contributed by atoms with Gasteiger partial charge in [0.1, 0.15) is 5.69 Å². The van der Waals surface area contributed by atoms with E-state index in [0.717, 1.165) is 27.6 Å². The van der Waals surface area contributed by atoms with E-state index in [2.05, 4.69) is 11.1 Å². The number of thiophene rings is 2. The first kappa shape index (κ1) is 21.6. The lowest BCUT2D eigenvalue weighted by atomic mass is 10.2. The van der Waals surface area contributed by atoms with Crippen LogP contribution in [0.2, 0.25) is 0 Å². The first-order valence-corrected chi connectivity index (χ1v) is 14.3. The molecule has 1 atom stereocenters. The molecule has 30 heavy (non-hydrogen) atoms. The highest BCUT2D eigenvalue weighted by molar-refractivity contribution is 7.99. The largest absolute Gasteiger partial charge is 0.338 e. The predicted octanol–water partition coefficient (Wildman–Crippen LogP) is 4.38. The second-order valence-corrected chi connectivity index (χ2v) is 12.2. The maximum Gasteiger partial charge on any atom is 0.233 e. The molecule has 1 amide bonds. The summed E-state index contributed by atoms with van der Waals surface area (Å²) < 4.78 is 23.7. The van der Waals surface area contributed by atoms with Gasteiger partial charge in [0.2, 0.25) is 5.91 Å². The number of aromatic amines is 1. The van der Waals surface area contributed by atoms with Crippen molar-refractivity contribution in [2.75, 3.05) is 23.8 Å². The number of nitrogens with zero attached hydrogens (tertiary/aromatic N) is 2. The summed E-state index contributed by atoms with van der Waals surface area (Å²) in [6.45, 7) is 2.59. The van der Waals surface area contributed by atoms with Crippen LogP contribution >= 0.6 is 34.4 Å². The zero-order chi connectivity index (χ0) is 21.1. The summed E-state index contributed by atoms with van der Waals surface area (Å²) in [7, 11) is -3.03. The monoisotopic (exact) mass is 481 g/mol. The fourth-order valence-electron chi connectivity index (χ4n) is 3.60. The van der Waals surface area contributed by atoms with Crippen LogP contribution in [-0.2, 0) is 14.6 Å². The van der Waals surface area contributed by atoms with Gasteiger partial charge in [-0.15, -0.1) is 22.7 Å². The first-order valence-electron chi connectivity index (χ1n) is 9.77. The van der Waals surface area contributed by atoms with E-state index >= 15 is 0 Å². The van der Waals surface area contributed by atoms with E-state index in [9.17, 15) is 13.2 Å². The molecule has 1 N–H and O–H groups in total. The van der Waals surface area contributed by atoms with Crippen molar-refractivity contribution in [2.24, 2.45) is 0 Å². The molecule has 6 nitrogen and oxygen atoms in total. The van der Waals surface area contributed by atoms with E-state index in [-0.39, 0.29) is 29.2 Å². The molecule has 160 valence electrons. The number of rotatable bonds is 8. The molecule has 1 saturated heterocycles. The van der Waals surface area contributed by atoms with Crippen molar-refractivity contribution in [2.45, 2.75) is 31.0 Å². The van der Waals surface area contributed by atoms with Gasteiger partial charge in [0.15, 0.2) is 15.0 Å². The minimum absolute atomic E-state index is 0.0318. The molecule has 4 heterocycles. The number of carbonyl (C=O) groups is 1. The van der Waals surface area contributed by atoms with Crippen LogP contribution in [0.1, 0.15) is 19.8 Å². The third-order valence-corrected chi connectivity index (χ3v) is 9.34. The second kappa shape index (κ2) is 9.25. The topological polar surface area (TPSA) is 83.1 Å². The summed E-state index contributed by atoms with van der Waals surface area (Å²) in [4.78, 5) is 25.0. The lowest BCUT2D eigenvalue weighted by Gasteiger charge is -2.27. The van der Waals surface area contributed by atoms with Gasteiger partial charge in [-0.05, 0) is 35.7 Å². The Morgan fingerprint density at radius 3 is 2.60 bits per heavy atom. The van der Waals surface area contributed by atoms with Crippen molar-refractivity contribution in [3.05, 3.63) is 35.0 Å². The maximum absolute atomic E-state index is 12.9. The average molecular weight is 482 g/mol. The molecule has 0 aliphatic carbocycles. The standard InChI is InChI=1S/C20H23N3O3S4/c1-2-8-23(14-7-11-30(25,26)13-14)17(24)12-29-20-21-18(15-5-3-9-27-15)19(22-20)16-6-4-10-28-16/h3-6,9-10,14H,2,7-8,11-13H2,1H3,(H,21,22)/t14-/m1/s1. The minimum Gasteiger partial charge on any atom is -0.338 e. The van der Waals surface area contributed by atoms with E-state index < -0.39 is 9.84 Å². The van der Waals surface area contributed by atoms with Crippen molar-refractivity contribution >= 4 is 50.2 Å². The molecule has 1 aliphatic heterocycles. The number of amides is 1. The Kier molecular flexibility index (Phi) is 6.66. The van der Waals surface area contributed by atoms with Crippen molar-refractivity contribution in [1.29, 1.82) is 0 Å². The number of imidazole rings is 1. The molecule has 3 aromatic heterocycles. The van der Waals surface area contributed by atoms with Crippen LogP contribution < -0.4 is 0 Å². The Labute approximate surface area is 188 Å². The minimum atomic E-state index is -3.03. The molecule has 0 bridgehead atoms. The molecule has 1 fully saturated rings. The summed E-state index contributed by atoms with van der Waals surface area (Å²) in [5.74, 6) is 0.452. The highest BCUT2D eigenvalue weighted by Crippen LogP contribution is 2.36. The van der Waals surface area contributed by atoms with Crippen LogP contribution in [0.3, 0.4) is 0 Å². The second-order valence-electron chi connectivity index (χ2n) is 7.15. The van der Waals surface area contributed by atoms with Gasteiger partial charge in [-0.3, -0.25) is 4.79 Å². The highest BCUT2D eigenvalue weighted by atomic mass is 32.2. The van der Waals surface area contributed by atoms with Crippen LogP contribution in [0.15, 0.2) is 40.2 Å². The molecule has 0 unspecified atom stereocenters. The van der Waals surface area contributed by atoms with Crippen molar-refractivity contribution in [3.8, 4) is 21.1 Å². The van der Waals surface area contributed by atoms with Gasteiger partial charge >= 0.3 is 0 Å². The molecule has 0 spiro atoms. The van der Waals surface area contributed by atoms with Gasteiger partial charge in [-0.2, -0.15) is 0 Å². The van der Waals surface area contributed by atoms with Gasteiger partial charge in [0, 0.05) is 12.6 Å². The number of hydrogen-bond acceptors (Lipinski definition) is 7. The van der Waals surface area contributed by atoms with E-state index in [0.29, 0.717) is 18.1 Å². The number of hydrogen-bond donors (Lipinski definition) is 1. The van der Waals surface area contributed by atoms with Gasteiger partial charge in [0.25, 0.3) is 0 Å². The van der Waals surface area contributed by atoms with E-state index in [1.807, 2.05) is 35.9 Å². The molecule has 0 aromatic carbocycles. The summed E-state index contributed by atoms with van der Waals surface area (Å²) in [6, 6.07) is 7.90. The summed E-state index contributed by atoms with van der Waals surface area (Å²) in [5.41, 5.74) is 1.87. The number of aromatic nitrogens is 2. The highest BCUT2D eigenvalue weighted by Gasteiger charge is 2.34. The van der Waals surface area contributed by atoms with Gasteiger partial charge in [-0.25, -0.2) is 13.4 Å². The van der Waals surface area contributed by atoms with Gasteiger partial charge in [0.05, 0.1) is 32.7 Å². The van der Waals surface area contributed by atoms with Crippen LogP contribution in [-0.4, -0.2) is 59.0 Å². The SMILES string of the molecule is CCCN(C(=O)CSc1nc(-c2cccs2)c(-c2cccs2)[nH]1)[C@@H]1CCS(=O)(=O)C1. The summed E-state index contributed by atoms with van der Waals surface area (Å²) in [5, 5.41) is 4.76. The number of sulfone groups is 1. The van der Waals surface area contributed by atoms with Gasteiger partial charge < -0.3 is 9.88 Å². The molecular weight excluding hydrogens is 459 g/mol. The first-order chi connectivity index (χ1) is 14.5. The molecule has 10 heteroatoms. The predicted molar refractivity (Wildman–Crippen MR) is 125 cm³/mol. The fraction of sp³-hybridized carbons (Fsp3) is 0.400. The van der Waals surface area contributed by atoms with E-state index in [4.69, 9.17) is 4.98 Å². The molecule has 3 aromatic rings. The normalized spacial score (nSPS) is 18.0. The van der Waals surface area contributed by atoms with Crippen molar-refractivity contribution < 1.29 is 13.2 Å². The Hall–Kier alpha value is -1.62. The van der Waals surface area contributed by atoms with E-state index in [1.165, 1.54) is 11.8 Å². The number of H-pyrrole nitrogens is 1. The lowest BCUT2D eigenvalue weighted by Crippen LogP contribution is -2.42. The van der Waals surface area contributed by atoms with Crippen LogP contribution in [0.4, 0.5) is 0 Å². The van der Waals surface area contributed by atoms with Gasteiger partial charge in [-0.1, -0.05) is 30.8 Å². The fourth-order valence-corrected chi connectivity index (χ4v) is 7.53.